The van der Waals surface area contributed by atoms with E-state index in [0.29, 0.717) is 25.0 Å². The number of ether oxygens (including phenoxy) is 2. The van der Waals surface area contributed by atoms with Crippen LogP contribution in [0.2, 0.25) is 0 Å². The summed E-state index contributed by atoms with van der Waals surface area (Å²) in [7, 11) is -0.950. The molecule has 2 heterocycles. The van der Waals surface area contributed by atoms with E-state index in [1.165, 1.54) is 5.56 Å². The molecule has 4 rings (SSSR count). The Kier molecular flexibility index (Phi) is 5.04. The number of nitrogens with zero attached hydrogens (tertiary/aromatic N) is 1. The molecule has 132 valence electrons. The lowest BCUT2D eigenvalue weighted by Crippen LogP contribution is -2.28. The Bertz CT molecular complexity index is 750. The Morgan fingerprint density at radius 2 is 1.88 bits per heavy atom. The molecule has 5 heteroatoms. The third-order valence-corrected chi connectivity index (χ3v) is 6.24. The highest BCUT2D eigenvalue weighted by Crippen LogP contribution is 2.42. The second kappa shape index (κ2) is 7.58. The highest BCUT2D eigenvalue weighted by atomic mass is 32.2. The molecule has 2 aliphatic rings. The fourth-order valence-electron chi connectivity index (χ4n) is 3.69. The molecule has 2 aliphatic heterocycles. The SMILES string of the molecule is O=S(CCN1CCCC1c1cccc2c1OCCO2)c1ccccc1. The molecule has 0 aromatic heterocycles. The lowest BCUT2D eigenvalue weighted by atomic mass is 10.0. The van der Waals surface area contributed by atoms with Crippen molar-refractivity contribution in [3.05, 3.63) is 54.1 Å². The average Bonchev–Trinajstić information content (AvgIpc) is 3.14. The van der Waals surface area contributed by atoms with E-state index in [4.69, 9.17) is 9.47 Å². The van der Waals surface area contributed by atoms with E-state index in [9.17, 15) is 4.21 Å². The summed E-state index contributed by atoms with van der Waals surface area (Å²) in [5.41, 5.74) is 1.21. The van der Waals surface area contributed by atoms with Gasteiger partial charge in [0.2, 0.25) is 0 Å². The minimum atomic E-state index is -0.950. The van der Waals surface area contributed by atoms with Crippen LogP contribution in [-0.2, 0) is 10.8 Å². The quantitative estimate of drug-likeness (QED) is 0.822. The lowest BCUT2D eigenvalue weighted by molar-refractivity contribution is 0.165. The topological polar surface area (TPSA) is 38.8 Å². The summed E-state index contributed by atoms with van der Waals surface area (Å²) in [6.07, 6.45) is 2.27. The number of likely N-dealkylation sites (tertiary alicyclic amines) is 1. The molecule has 2 unspecified atom stereocenters. The van der Waals surface area contributed by atoms with Crippen molar-refractivity contribution in [1.82, 2.24) is 4.90 Å². The van der Waals surface area contributed by atoms with Crippen LogP contribution >= 0.6 is 0 Å². The standard InChI is InChI=1S/C20H23NO3S/c22-25(16-6-2-1-3-7-16)15-12-21-11-5-9-18(21)17-8-4-10-19-20(17)24-14-13-23-19/h1-4,6-8,10,18H,5,9,11-15H2. The van der Waals surface area contributed by atoms with Crippen LogP contribution in [-0.4, -0.2) is 41.2 Å². The van der Waals surface area contributed by atoms with Crippen molar-refractivity contribution >= 4 is 10.8 Å². The molecule has 0 bridgehead atoms. The molecule has 1 fully saturated rings. The summed E-state index contributed by atoms with van der Waals surface area (Å²) >= 11 is 0. The Morgan fingerprint density at radius 1 is 1.04 bits per heavy atom. The van der Waals surface area contributed by atoms with E-state index < -0.39 is 10.8 Å². The fourth-order valence-corrected chi connectivity index (χ4v) is 4.79. The van der Waals surface area contributed by atoms with E-state index in [2.05, 4.69) is 11.0 Å². The van der Waals surface area contributed by atoms with Crippen molar-refractivity contribution < 1.29 is 13.7 Å². The van der Waals surface area contributed by atoms with Gasteiger partial charge in [0.15, 0.2) is 11.5 Å². The summed E-state index contributed by atoms with van der Waals surface area (Å²) in [4.78, 5) is 3.35. The molecule has 2 aromatic rings. The highest BCUT2D eigenvalue weighted by Gasteiger charge is 2.30. The highest BCUT2D eigenvalue weighted by molar-refractivity contribution is 7.85. The normalized spacial score (nSPS) is 21.2. The molecule has 25 heavy (non-hydrogen) atoms. The number of hydrogen-bond acceptors (Lipinski definition) is 4. The Balaban J connectivity index is 1.47. The Morgan fingerprint density at radius 3 is 2.76 bits per heavy atom. The van der Waals surface area contributed by atoms with E-state index >= 15 is 0 Å². The summed E-state index contributed by atoms with van der Waals surface area (Å²) < 4.78 is 24.1. The maximum absolute atomic E-state index is 12.5. The van der Waals surface area contributed by atoms with Crippen LogP contribution in [0.25, 0.3) is 0 Å². The molecule has 0 spiro atoms. The number of fused-ring (bicyclic) bond motifs is 1. The molecule has 0 aliphatic carbocycles. The van der Waals surface area contributed by atoms with Crippen LogP contribution in [0.3, 0.4) is 0 Å². The van der Waals surface area contributed by atoms with Crippen LogP contribution < -0.4 is 9.47 Å². The van der Waals surface area contributed by atoms with Crippen molar-refractivity contribution in [3.8, 4) is 11.5 Å². The Hall–Kier alpha value is -1.85. The smallest absolute Gasteiger partial charge is 0.166 e. The summed E-state index contributed by atoms with van der Waals surface area (Å²) in [5, 5.41) is 0. The van der Waals surface area contributed by atoms with E-state index in [1.807, 2.05) is 42.5 Å². The molecule has 2 aromatic carbocycles. The first kappa shape index (κ1) is 16.6. The Labute approximate surface area is 151 Å². The molecular formula is C20H23NO3S. The van der Waals surface area contributed by atoms with Crippen molar-refractivity contribution in [1.29, 1.82) is 0 Å². The molecule has 0 amide bonds. The van der Waals surface area contributed by atoms with Gasteiger partial charge in [0.1, 0.15) is 13.2 Å². The van der Waals surface area contributed by atoms with Gasteiger partial charge in [0.25, 0.3) is 0 Å². The third kappa shape index (κ3) is 3.58. The number of benzene rings is 2. The van der Waals surface area contributed by atoms with E-state index in [1.54, 1.807) is 0 Å². The van der Waals surface area contributed by atoms with Gasteiger partial charge in [-0.25, -0.2) is 0 Å². The number of rotatable bonds is 5. The molecule has 2 atom stereocenters. The van der Waals surface area contributed by atoms with Crippen molar-refractivity contribution in [2.45, 2.75) is 23.8 Å². The summed E-state index contributed by atoms with van der Waals surface area (Å²) in [6.45, 7) is 3.09. The molecule has 1 saturated heterocycles. The maximum atomic E-state index is 12.5. The second-order valence-corrected chi connectivity index (χ2v) is 8.00. The largest absolute Gasteiger partial charge is 0.486 e. The van der Waals surface area contributed by atoms with Crippen molar-refractivity contribution in [3.63, 3.8) is 0 Å². The first-order valence-corrected chi connectivity index (χ1v) is 10.2. The van der Waals surface area contributed by atoms with Gasteiger partial charge in [-0.2, -0.15) is 0 Å². The van der Waals surface area contributed by atoms with Gasteiger partial charge in [-0.1, -0.05) is 30.3 Å². The van der Waals surface area contributed by atoms with Gasteiger partial charge in [-0.15, -0.1) is 0 Å². The minimum Gasteiger partial charge on any atom is -0.486 e. The second-order valence-electron chi connectivity index (χ2n) is 6.43. The fraction of sp³-hybridized carbons (Fsp3) is 0.400. The van der Waals surface area contributed by atoms with Crippen LogP contribution in [0.15, 0.2) is 53.4 Å². The van der Waals surface area contributed by atoms with Gasteiger partial charge in [0, 0.05) is 28.8 Å². The van der Waals surface area contributed by atoms with Crippen LogP contribution in [0, 0.1) is 0 Å². The minimum absolute atomic E-state index is 0.324. The molecule has 4 nitrogen and oxygen atoms in total. The van der Waals surface area contributed by atoms with Crippen LogP contribution in [0.1, 0.15) is 24.4 Å². The van der Waals surface area contributed by atoms with Crippen LogP contribution in [0.4, 0.5) is 0 Å². The number of para-hydroxylation sites is 1. The monoisotopic (exact) mass is 357 g/mol. The zero-order chi connectivity index (χ0) is 17.1. The first-order chi connectivity index (χ1) is 12.3. The molecular weight excluding hydrogens is 334 g/mol. The van der Waals surface area contributed by atoms with E-state index in [-0.39, 0.29) is 0 Å². The van der Waals surface area contributed by atoms with Crippen molar-refractivity contribution in [2.75, 3.05) is 32.1 Å². The van der Waals surface area contributed by atoms with Gasteiger partial charge in [0.05, 0.1) is 10.8 Å². The zero-order valence-corrected chi connectivity index (χ0v) is 15.0. The lowest BCUT2D eigenvalue weighted by Gasteiger charge is -2.28. The maximum Gasteiger partial charge on any atom is 0.166 e. The van der Waals surface area contributed by atoms with E-state index in [0.717, 1.165) is 42.3 Å². The predicted octanol–water partition coefficient (Wildman–Crippen LogP) is 3.40. The number of hydrogen-bond donors (Lipinski definition) is 0. The zero-order valence-electron chi connectivity index (χ0n) is 14.2. The summed E-state index contributed by atoms with van der Waals surface area (Å²) in [6, 6.07) is 16.2. The summed E-state index contributed by atoms with van der Waals surface area (Å²) in [5.74, 6) is 2.41. The predicted molar refractivity (Wildman–Crippen MR) is 98.7 cm³/mol. The average molecular weight is 357 g/mol. The van der Waals surface area contributed by atoms with Gasteiger partial charge >= 0.3 is 0 Å². The molecule has 0 radical (unpaired) electrons. The molecule has 0 N–H and O–H groups in total. The van der Waals surface area contributed by atoms with Gasteiger partial charge < -0.3 is 9.47 Å². The first-order valence-electron chi connectivity index (χ1n) is 8.89. The molecule has 0 saturated carbocycles. The van der Waals surface area contributed by atoms with Gasteiger partial charge in [-0.05, 0) is 37.6 Å². The third-order valence-electron chi connectivity index (χ3n) is 4.89. The van der Waals surface area contributed by atoms with Gasteiger partial charge in [-0.3, -0.25) is 9.11 Å². The van der Waals surface area contributed by atoms with Crippen molar-refractivity contribution in [2.24, 2.45) is 0 Å². The van der Waals surface area contributed by atoms with Crippen LogP contribution in [0.5, 0.6) is 11.5 Å².